The molecule has 1 aliphatic heterocycles. The van der Waals surface area contributed by atoms with Gasteiger partial charge in [0.05, 0.1) is 17.1 Å². The molecule has 0 bridgehead atoms. The van der Waals surface area contributed by atoms with E-state index in [9.17, 15) is 4.79 Å². The molecule has 1 aliphatic rings. The average Bonchev–Trinajstić information content (AvgIpc) is 2.89. The van der Waals surface area contributed by atoms with E-state index in [2.05, 4.69) is 67.5 Å². The number of hydrogen-bond acceptors (Lipinski definition) is 5. The molecule has 37 heavy (non-hydrogen) atoms. The van der Waals surface area contributed by atoms with Crippen molar-refractivity contribution in [1.29, 1.82) is 0 Å². The molecule has 0 spiro atoms. The number of piperazine rings is 1. The Labute approximate surface area is 223 Å². The number of nitrogens with zero attached hydrogens (tertiary/aromatic N) is 4. The molecular formula is C31H47N5O. The minimum atomic E-state index is -0.109. The largest absolute Gasteiger partial charge is 0.368 e. The molecule has 0 aliphatic carbocycles. The Kier molecular flexibility index (Phi) is 12.0. The normalized spacial score (nSPS) is 17.9. The van der Waals surface area contributed by atoms with Crippen molar-refractivity contribution in [2.24, 2.45) is 10.9 Å². The van der Waals surface area contributed by atoms with Gasteiger partial charge in [-0.05, 0) is 70.2 Å². The summed E-state index contributed by atoms with van der Waals surface area (Å²) < 4.78 is 1.61. The number of fused-ring (bicyclic) bond motifs is 1. The monoisotopic (exact) mass is 505 g/mol. The van der Waals surface area contributed by atoms with Crippen molar-refractivity contribution in [2.45, 2.75) is 73.8 Å². The predicted octanol–water partition coefficient (Wildman–Crippen LogP) is 6.21. The van der Waals surface area contributed by atoms with Gasteiger partial charge in [0, 0.05) is 45.0 Å². The van der Waals surface area contributed by atoms with Crippen LogP contribution in [0.15, 0.2) is 69.6 Å². The molecule has 6 nitrogen and oxygen atoms in total. The fourth-order valence-electron chi connectivity index (χ4n) is 4.05. The maximum atomic E-state index is 12.7. The number of anilines is 1. The van der Waals surface area contributed by atoms with Crippen molar-refractivity contribution in [2.75, 3.05) is 31.6 Å². The van der Waals surface area contributed by atoms with Gasteiger partial charge in [-0.2, -0.15) is 0 Å². The molecule has 1 N–H and O–H groups in total. The second-order valence-corrected chi connectivity index (χ2v) is 10.2. The van der Waals surface area contributed by atoms with Crippen LogP contribution in [0.3, 0.4) is 0 Å². The van der Waals surface area contributed by atoms with Gasteiger partial charge in [-0.25, -0.2) is 4.98 Å². The zero-order valence-corrected chi connectivity index (χ0v) is 24.3. The summed E-state index contributed by atoms with van der Waals surface area (Å²) in [5.74, 6) is 0.784. The quantitative estimate of drug-likeness (QED) is 0.263. The molecule has 0 amide bonds. The van der Waals surface area contributed by atoms with E-state index in [4.69, 9.17) is 0 Å². The van der Waals surface area contributed by atoms with Crippen molar-refractivity contribution in [3.8, 4) is 0 Å². The lowest BCUT2D eigenvalue weighted by Gasteiger charge is -2.33. The minimum absolute atomic E-state index is 0.109. The molecule has 6 heteroatoms. The maximum Gasteiger partial charge on any atom is 0.258 e. The van der Waals surface area contributed by atoms with E-state index in [1.165, 1.54) is 19.3 Å². The van der Waals surface area contributed by atoms with Crippen LogP contribution < -0.4 is 15.8 Å². The highest BCUT2D eigenvalue weighted by Crippen LogP contribution is 2.17. The first-order valence-corrected chi connectivity index (χ1v) is 13.6. The lowest BCUT2D eigenvalue weighted by atomic mass is 9.99. The van der Waals surface area contributed by atoms with E-state index in [-0.39, 0.29) is 5.56 Å². The molecule has 0 radical (unpaired) electrons. The number of aliphatic imine (C=N–C) groups is 1. The number of hydrogen-bond donors (Lipinski definition) is 1. The van der Waals surface area contributed by atoms with E-state index < -0.39 is 0 Å². The Balaban J connectivity index is 0.000000410. The molecule has 3 rings (SSSR count). The molecule has 2 aromatic heterocycles. The summed E-state index contributed by atoms with van der Waals surface area (Å²) in [6.07, 6.45) is 9.95. The van der Waals surface area contributed by atoms with E-state index in [1.807, 2.05) is 38.3 Å². The third kappa shape index (κ3) is 8.81. The summed E-state index contributed by atoms with van der Waals surface area (Å²) >= 11 is 0. The molecule has 0 aromatic carbocycles. The standard InChI is InChI=1S/C21H27N5O.C10H20/c1-14(2)15(3)10-18(22-5)19-11-21(27)26-13-17(6-7-20(26)24-19)25-9-8-23-16(4)12-25;1-5-7-8-10(4)9(3)6-2/h6-7,10-11,13,16,23H,1,8-9,12H2,2-5H3;8-9H,5-7H2,1-4H3/b15-10+,22-18?;10-8-/t16-;/m0./s1. The lowest BCUT2D eigenvalue weighted by Crippen LogP contribution is -2.49. The van der Waals surface area contributed by atoms with Crippen molar-refractivity contribution in [3.63, 3.8) is 0 Å². The molecule has 2 atom stereocenters. The van der Waals surface area contributed by atoms with Crippen molar-refractivity contribution in [1.82, 2.24) is 14.7 Å². The number of rotatable bonds is 8. The zero-order chi connectivity index (χ0) is 27.5. The lowest BCUT2D eigenvalue weighted by molar-refractivity contribution is 0.484. The summed E-state index contributed by atoms with van der Waals surface area (Å²) in [5, 5.41) is 3.43. The number of allylic oxidation sites excluding steroid dienone is 5. The Morgan fingerprint density at radius 3 is 2.62 bits per heavy atom. The van der Waals surface area contributed by atoms with Gasteiger partial charge in [0.2, 0.25) is 0 Å². The molecule has 0 saturated carbocycles. The average molecular weight is 506 g/mol. The molecule has 2 aromatic rings. The second-order valence-electron chi connectivity index (χ2n) is 10.2. The van der Waals surface area contributed by atoms with E-state index in [1.54, 1.807) is 23.1 Å². The smallest absolute Gasteiger partial charge is 0.258 e. The zero-order valence-electron chi connectivity index (χ0n) is 24.3. The van der Waals surface area contributed by atoms with Gasteiger partial charge in [0.1, 0.15) is 5.65 Å². The first kappa shape index (κ1) is 30.2. The van der Waals surface area contributed by atoms with Crippen molar-refractivity contribution in [3.05, 3.63) is 75.9 Å². The van der Waals surface area contributed by atoms with Gasteiger partial charge in [0.25, 0.3) is 5.56 Å². The topological polar surface area (TPSA) is 62.0 Å². The Morgan fingerprint density at radius 1 is 1.30 bits per heavy atom. The third-order valence-corrected chi connectivity index (χ3v) is 7.05. The van der Waals surface area contributed by atoms with Gasteiger partial charge in [-0.3, -0.25) is 14.2 Å². The van der Waals surface area contributed by atoms with Gasteiger partial charge in [-0.15, -0.1) is 0 Å². The molecule has 1 unspecified atom stereocenters. The Bertz CT molecular complexity index is 1200. The van der Waals surface area contributed by atoms with Crippen LogP contribution in [-0.2, 0) is 0 Å². The predicted molar refractivity (Wildman–Crippen MR) is 160 cm³/mol. The van der Waals surface area contributed by atoms with Crippen LogP contribution in [-0.4, -0.2) is 47.8 Å². The van der Waals surface area contributed by atoms with Crippen LogP contribution in [0.2, 0.25) is 0 Å². The first-order valence-electron chi connectivity index (χ1n) is 13.6. The highest BCUT2D eigenvalue weighted by molar-refractivity contribution is 6.08. The second kappa shape index (κ2) is 14.7. The van der Waals surface area contributed by atoms with Crippen LogP contribution in [0.25, 0.3) is 5.65 Å². The molecule has 1 saturated heterocycles. The summed E-state index contributed by atoms with van der Waals surface area (Å²) in [4.78, 5) is 24.0. The fourth-order valence-corrected chi connectivity index (χ4v) is 4.05. The molecular weight excluding hydrogens is 458 g/mol. The van der Waals surface area contributed by atoms with E-state index in [0.29, 0.717) is 23.1 Å². The SMILES string of the molecule is C=C(C)/C(C)=C/C(=NC)c1cc(=O)n2cc(N3CCN[C@@H](C)C3)ccc2n1.CCC/C=C(/C)C(C)CC. The first-order chi connectivity index (χ1) is 17.6. The Morgan fingerprint density at radius 2 is 2.03 bits per heavy atom. The number of pyridine rings is 1. The molecule has 1 fully saturated rings. The molecule has 202 valence electrons. The number of nitrogens with one attached hydrogen (secondary N) is 1. The van der Waals surface area contributed by atoms with Crippen molar-refractivity contribution < 1.29 is 0 Å². The summed E-state index contributed by atoms with van der Waals surface area (Å²) in [5.41, 5.74) is 6.33. The van der Waals surface area contributed by atoms with Gasteiger partial charge in [0.15, 0.2) is 0 Å². The van der Waals surface area contributed by atoms with Gasteiger partial charge < -0.3 is 10.2 Å². The van der Waals surface area contributed by atoms with Crippen LogP contribution >= 0.6 is 0 Å². The maximum absolute atomic E-state index is 12.7. The fraction of sp³-hybridized carbons (Fsp3) is 0.516. The highest BCUT2D eigenvalue weighted by atomic mass is 16.1. The number of aromatic nitrogens is 2. The Hall–Kier alpha value is -2.99. The minimum Gasteiger partial charge on any atom is -0.368 e. The third-order valence-electron chi connectivity index (χ3n) is 7.05. The van der Waals surface area contributed by atoms with Gasteiger partial charge >= 0.3 is 0 Å². The van der Waals surface area contributed by atoms with Crippen LogP contribution in [0.1, 0.15) is 73.4 Å². The van der Waals surface area contributed by atoms with Crippen molar-refractivity contribution >= 4 is 17.0 Å². The summed E-state index contributed by atoms with van der Waals surface area (Å²) in [6, 6.07) is 5.90. The van der Waals surface area contributed by atoms with E-state index in [0.717, 1.165) is 42.4 Å². The van der Waals surface area contributed by atoms with Gasteiger partial charge in [-0.1, -0.05) is 51.0 Å². The summed E-state index contributed by atoms with van der Waals surface area (Å²) in [7, 11) is 1.70. The van der Waals surface area contributed by atoms with Crippen LogP contribution in [0.5, 0.6) is 0 Å². The summed E-state index contributed by atoms with van der Waals surface area (Å²) in [6.45, 7) is 21.8. The molecule has 3 heterocycles. The van der Waals surface area contributed by atoms with Crippen LogP contribution in [0, 0.1) is 5.92 Å². The number of unbranched alkanes of at least 4 members (excludes halogenated alkanes) is 1. The highest BCUT2D eigenvalue weighted by Gasteiger charge is 2.17. The van der Waals surface area contributed by atoms with E-state index >= 15 is 0 Å². The van der Waals surface area contributed by atoms with Crippen LogP contribution in [0.4, 0.5) is 5.69 Å².